The van der Waals surface area contributed by atoms with E-state index in [0.29, 0.717) is 30.3 Å². The molecule has 0 saturated heterocycles. The molecule has 0 fully saturated rings. The molecule has 5 nitrogen and oxygen atoms in total. The number of para-hydroxylation sites is 1. The van der Waals surface area contributed by atoms with Gasteiger partial charge in [0.2, 0.25) is 0 Å². The Morgan fingerprint density at radius 2 is 2.06 bits per heavy atom. The molecule has 0 radical (unpaired) electrons. The van der Waals surface area contributed by atoms with Crippen molar-refractivity contribution in [3.8, 4) is 11.5 Å². The van der Waals surface area contributed by atoms with Crippen LogP contribution in [0.3, 0.4) is 0 Å². The number of ether oxygens (including phenoxy) is 3. The molecule has 0 aliphatic rings. The van der Waals surface area contributed by atoms with Crippen molar-refractivity contribution in [3.05, 3.63) is 23.8 Å². The summed E-state index contributed by atoms with van der Waals surface area (Å²) < 4.78 is 15.6. The second-order valence-corrected chi connectivity index (χ2v) is 3.54. The maximum Gasteiger partial charge on any atom is 0.327 e. The number of benzene rings is 1. The number of hydrogen-bond donors (Lipinski definition) is 1. The Morgan fingerprint density at radius 1 is 1.33 bits per heavy atom. The summed E-state index contributed by atoms with van der Waals surface area (Å²) >= 11 is 0. The van der Waals surface area contributed by atoms with Gasteiger partial charge < -0.3 is 19.9 Å². The lowest BCUT2D eigenvalue weighted by molar-refractivity contribution is -0.144. The second kappa shape index (κ2) is 6.86. The minimum atomic E-state index is -0.874. The lowest BCUT2D eigenvalue weighted by Gasteiger charge is -2.17. The number of rotatable bonds is 6. The van der Waals surface area contributed by atoms with Gasteiger partial charge in [0.1, 0.15) is 6.04 Å². The zero-order valence-corrected chi connectivity index (χ0v) is 10.9. The predicted molar refractivity (Wildman–Crippen MR) is 67.7 cm³/mol. The summed E-state index contributed by atoms with van der Waals surface area (Å²) in [4.78, 5) is 11.7. The molecule has 1 rings (SSSR count). The highest BCUT2D eigenvalue weighted by molar-refractivity contribution is 5.79. The van der Waals surface area contributed by atoms with Crippen molar-refractivity contribution in [2.75, 3.05) is 20.3 Å². The van der Waals surface area contributed by atoms with E-state index in [1.807, 2.05) is 6.92 Å². The van der Waals surface area contributed by atoms with E-state index in [1.54, 1.807) is 25.1 Å². The Balaban J connectivity index is 3.10. The van der Waals surface area contributed by atoms with E-state index in [1.165, 1.54) is 7.11 Å². The standard InChI is InChI=1S/C13H19NO4/c1-4-17-12-9(7-6-8-10(12)16-3)11(14)13(15)18-5-2/h6-8,11H,4-5,14H2,1-3H3. The largest absolute Gasteiger partial charge is 0.493 e. The molecule has 1 unspecified atom stereocenters. The number of hydrogen-bond acceptors (Lipinski definition) is 5. The highest BCUT2D eigenvalue weighted by atomic mass is 16.5. The third kappa shape index (κ3) is 3.13. The fourth-order valence-electron chi connectivity index (χ4n) is 1.60. The molecule has 100 valence electrons. The molecule has 0 aliphatic carbocycles. The van der Waals surface area contributed by atoms with E-state index in [2.05, 4.69) is 0 Å². The summed E-state index contributed by atoms with van der Waals surface area (Å²) in [6.07, 6.45) is 0. The Labute approximate surface area is 107 Å². The molecular formula is C13H19NO4. The van der Waals surface area contributed by atoms with Crippen LogP contribution < -0.4 is 15.2 Å². The van der Waals surface area contributed by atoms with Crippen molar-refractivity contribution >= 4 is 5.97 Å². The van der Waals surface area contributed by atoms with Crippen LogP contribution in [0.25, 0.3) is 0 Å². The first-order chi connectivity index (χ1) is 8.65. The van der Waals surface area contributed by atoms with Gasteiger partial charge in [-0.3, -0.25) is 0 Å². The summed E-state index contributed by atoms with van der Waals surface area (Å²) in [7, 11) is 1.54. The first-order valence-electron chi connectivity index (χ1n) is 5.87. The molecule has 0 aliphatic heterocycles. The zero-order valence-electron chi connectivity index (χ0n) is 10.9. The van der Waals surface area contributed by atoms with Gasteiger partial charge in [-0.15, -0.1) is 0 Å². The first kappa shape index (κ1) is 14.3. The van der Waals surface area contributed by atoms with Crippen molar-refractivity contribution in [3.63, 3.8) is 0 Å². The lowest BCUT2D eigenvalue weighted by atomic mass is 10.1. The fraction of sp³-hybridized carbons (Fsp3) is 0.462. The van der Waals surface area contributed by atoms with Crippen LogP contribution in [0.4, 0.5) is 0 Å². The van der Waals surface area contributed by atoms with Crippen molar-refractivity contribution in [2.45, 2.75) is 19.9 Å². The van der Waals surface area contributed by atoms with Gasteiger partial charge in [0.25, 0.3) is 0 Å². The summed E-state index contributed by atoms with van der Waals surface area (Å²) in [5, 5.41) is 0. The summed E-state index contributed by atoms with van der Waals surface area (Å²) in [6, 6.07) is 4.37. The number of carbonyl (C=O) groups is 1. The third-order valence-electron chi connectivity index (χ3n) is 2.39. The van der Waals surface area contributed by atoms with Crippen LogP contribution in [0.15, 0.2) is 18.2 Å². The number of esters is 1. The highest BCUT2D eigenvalue weighted by Gasteiger charge is 2.23. The van der Waals surface area contributed by atoms with E-state index >= 15 is 0 Å². The van der Waals surface area contributed by atoms with Crippen LogP contribution in [-0.2, 0) is 9.53 Å². The van der Waals surface area contributed by atoms with Crippen LogP contribution in [0, 0.1) is 0 Å². The SMILES string of the molecule is CCOC(=O)C(N)c1cccc(OC)c1OCC. The molecule has 18 heavy (non-hydrogen) atoms. The molecule has 0 aromatic heterocycles. The Bertz CT molecular complexity index is 406. The maximum atomic E-state index is 11.7. The first-order valence-corrected chi connectivity index (χ1v) is 5.87. The maximum absolute atomic E-state index is 11.7. The molecule has 0 bridgehead atoms. The molecule has 1 atom stereocenters. The van der Waals surface area contributed by atoms with Crippen molar-refractivity contribution in [1.29, 1.82) is 0 Å². The molecule has 0 spiro atoms. The average molecular weight is 253 g/mol. The Kier molecular flexibility index (Phi) is 5.45. The van der Waals surface area contributed by atoms with E-state index in [0.717, 1.165) is 0 Å². The smallest absolute Gasteiger partial charge is 0.327 e. The fourth-order valence-corrected chi connectivity index (χ4v) is 1.60. The molecule has 0 heterocycles. The van der Waals surface area contributed by atoms with Gasteiger partial charge >= 0.3 is 5.97 Å². The van der Waals surface area contributed by atoms with Crippen LogP contribution in [-0.4, -0.2) is 26.3 Å². The molecule has 1 aromatic rings. The van der Waals surface area contributed by atoms with Gasteiger partial charge in [-0.25, -0.2) is 4.79 Å². The van der Waals surface area contributed by atoms with Crippen molar-refractivity contribution in [1.82, 2.24) is 0 Å². The quantitative estimate of drug-likeness (QED) is 0.781. The van der Waals surface area contributed by atoms with Crippen LogP contribution in [0.1, 0.15) is 25.5 Å². The minimum absolute atomic E-state index is 0.292. The van der Waals surface area contributed by atoms with Gasteiger partial charge in [0.15, 0.2) is 11.5 Å². The molecule has 1 aromatic carbocycles. The second-order valence-electron chi connectivity index (χ2n) is 3.54. The normalized spacial score (nSPS) is 11.8. The lowest BCUT2D eigenvalue weighted by Crippen LogP contribution is -2.24. The van der Waals surface area contributed by atoms with E-state index in [4.69, 9.17) is 19.9 Å². The van der Waals surface area contributed by atoms with Gasteiger partial charge in [0.05, 0.1) is 20.3 Å². The predicted octanol–water partition coefficient (Wildman–Crippen LogP) is 1.66. The summed E-state index contributed by atoms with van der Waals surface area (Å²) in [6.45, 7) is 4.34. The molecule has 2 N–H and O–H groups in total. The number of methoxy groups -OCH3 is 1. The van der Waals surface area contributed by atoms with E-state index < -0.39 is 12.0 Å². The van der Waals surface area contributed by atoms with Gasteiger partial charge in [0, 0.05) is 5.56 Å². The van der Waals surface area contributed by atoms with Gasteiger partial charge in [-0.05, 0) is 19.9 Å². The molecular weight excluding hydrogens is 234 g/mol. The highest BCUT2D eigenvalue weighted by Crippen LogP contribution is 2.34. The van der Waals surface area contributed by atoms with Gasteiger partial charge in [-0.2, -0.15) is 0 Å². The number of carbonyl (C=O) groups excluding carboxylic acids is 1. The van der Waals surface area contributed by atoms with Crippen LogP contribution in [0.5, 0.6) is 11.5 Å². The van der Waals surface area contributed by atoms with Crippen molar-refractivity contribution < 1.29 is 19.0 Å². The monoisotopic (exact) mass is 253 g/mol. The van der Waals surface area contributed by atoms with Crippen molar-refractivity contribution in [2.24, 2.45) is 5.73 Å². The minimum Gasteiger partial charge on any atom is -0.493 e. The van der Waals surface area contributed by atoms with Gasteiger partial charge in [-0.1, -0.05) is 12.1 Å². The van der Waals surface area contributed by atoms with Crippen LogP contribution >= 0.6 is 0 Å². The van der Waals surface area contributed by atoms with E-state index in [9.17, 15) is 4.79 Å². The number of nitrogens with two attached hydrogens (primary N) is 1. The van der Waals surface area contributed by atoms with Crippen LogP contribution in [0.2, 0.25) is 0 Å². The molecule has 0 saturated carbocycles. The molecule has 5 heteroatoms. The van der Waals surface area contributed by atoms with E-state index in [-0.39, 0.29) is 0 Å². The topological polar surface area (TPSA) is 70.8 Å². The third-order valence-corrected chi connectivity index (χ3v) is 2.39. The summed E-state index contributed by atoms with van der Waals surface area (Å²) in [5.74, 6) is 0.559. The summed E-state index contributed by atoms with van der Waals surface area (Å²) in [5.41, 5.74) is 6.43. The zero-order chi connectivity index (χ0) is 13.5. The average Bonchev–Trinajstić information content (AvgIpc) is 2.38. The Morgan fingerprint density at radius 3 is 2.61 bits per heavy atom. The molecule has 0 amide bonds. The Hall–Kier alpha value is -1.75.